The van der Waals surface area contributed by atoms with Crippen molar-refractivity contribution < 1.29 is 0 Å². The van der Waals surface area contributed by atoms with Crippen LogP contribution in [0.25, 0.3) is 0 Å². The fourth-order valence-electron chi connectivity index (χ4n) is 2.25. The topological polar surface area (TPSA) is 15.6 Å². The maximum absolute atomic E-state index is 4.57. The van der Waals surface area contributed by atoms with Crippen molar-refractivity contribution in [2.75, 3.05) is 13.1 Å². The first kappa shape index (κ1) is 11.2. The van der Waals surface area contributed by atoms with Gasteiger partial charge in [0.15, 0.2) is 0 Å². The summed E-state index contributed by atoms with van der Waals surface area (Å²) in [6.07, 6.45) is 0. The summed E-state index contributed by atoms with van der Waals surface area (Å²) in [4.78, 5) is 7.00. The minimum atomic E-state index is 0.448. The van der Waals surface area contributed by atoms with Crippen LogP contribution < -0.4 is 0 Å². The Morgan fingerprint density at radius 3 is 2.62 bits per heavy atom. The van der Waals surface area contributed by atoms with Crippen molar-refractivity contribution in [2.24, 2.45) is 10.9 Å². The molecule has 2 heteroatoms. The normalized spacial score (nSPS) is 20.4. The smallest absolute Gasteiger partial charge is 0.0964 e. The minimum Gasteiger partial charge on any atom is -0.351 e. The van der Waals surface area contributed by atoms with E-state index in [9.17, 15) is 0 Å². The summed E-state index contributed by atoms with van der Waals surface area (Å²) in [5.74, 6) is 1.86. The highest BCUT2D eigenvalue weighted by Gasteiger charge is 2.26. The van der Waals surface area contributed by atoms with Gasteiger partial charge in [0.05, 0.1) is 18.4 Å². The third-order valence-corrected chi connectivity index (χ3v) is 3.03. The van der Waals surface area contributed by atoms with Crippen LogP contribution in [0, 0.1) is 5.92 Å². The molecule has 1 heterocycles. The summed E-state index contributed by atoms with van der Waals surface area (Å²) < 4.78 is 0. The van der Waals surface area contributed by atoms with E-state index in [1.54, 1.807) is 0 Å². The van der Waals surface area contributed by atoms with Gasteiger partial charge in [-0.1, -0.05) is 44.2 Å². The molecule has 0 aliphatic carbocycles. The highest BCUT2D eigenvalue weighted by Crippen LogP contribution is 2.27. The van der Waals surface area contributed by atoms with Gasteiger partial charge in [-0.3, -0.25) is 4.99 Å². The van der Waals surface area contributed by atoms with Crippen LogP contribution in [0.1, 0.15) is 32.4 Å². The molecule has 1 atom stereocenters. The zero-order chi connectivity index (χ0) is 11.5. The van der Waals surface area contributed by atoms with Crippen LogP contribution in [0.3, 0.4) is 0 Å². The van der Waals surface area contributed by atoms with Crippen LogP contribution in [-0.4, -0.2) is 23.8 Å². The monoisotopic (exact) mass is 216 g/mol. The predicted molar refractivity (Wildman–Crippen MR) is 68.7 cm³/mol. The van der Waals surface area contributed by atoms with Gasteiger partial charge in [0.1, 0.15) is 0 Å². The number of benzene rings is 1. The van der Waals surface area contributed by atoms with Crippen molar-refractivity contribution in [3.63, 3.8) is 0 Å². The van der Waals surface area contributed by atoms with Crippen LogP contribution in [0.4, 0.5) is 0 Å². The van der Waals surface area contributed by atoms with Crippen molar-refractivity contribution >= 4 is 5.84 Å². The van der Waals surface area contributed by atoms with Crippen LogP contribution in [0.5, 0.6) is 0 Å². The lowest BCUT2D eigenvalue weighted by Gasteiger charge is -2.28. The Kier molecular flexibility index (Phi) is 3.28. The molecule has 0 bridgehead atoms. The SMILES string of the molecule is CC1=NCC(c2ccccc2)N1CC(C)C. The third kappa shape index (κ3) is 2.26. The third-order valence-electron chi connectivity index (χ3n) is 3.03. The van der Waals surface area contributed by atoms with Gasteiger partial charge in [0.2, 0.25) is 0 Å². The van der Waals surface area contributed by atoms with Gasteiger partial charge in [0, 0.05) is 6.54 Å². The molecule has 2 nitrogen and oxygen atoms in total. The second-order valence-corrected chi connectivity index (χ2v) is 4.86. The highest BCUT2D eigenvalue weighted by molar-refractivity contribution is 5.82. The van der Waals surface area contributed by atoms with Crippen molar-refractivity contribution in [1.82, 2.24) is 4.90 Å². The van der Waals surface area contributed by atoms with E-state index in [-0.39, 0.29) is 0 Å². The molecule has 1 aromatic carbocycles. The number of hydrogen-bond donors (Lipinski definition) is 0. The van der Waals surface area contributed by atoms with Crippen molar-refractivity contribution in [2.45, 2.75) is 26.8 Å². The van der Waals surface area contributed by atoms with E-state index >= 15 is 0 Å². The van der Waals surface area contributed by atoms with E-state index in [2.05, 4.69) is 61.0 Å². The lowest BCUT2D eigenvalue weighted by molar-refractivity contribution is 0.310. The summed E-state index contributed by atoms with van der Waals surface area (Å²) in [6, 6.07) is 11.1. The van der Waals surface area contributed by atoms with Gasteiger partial charge in [0.25, 0.3) is 0 Å². The Morgan fingerprint density at radius 2 is 2.00 bits per heavy atom. The van der Waals surface area contributed by atoms with Crippen molar-refractivity contribution in [3.8, 4) is 0 Å². The molecule has 86 valence electrons. The van der Waals surface area contributed by atoms with Crippen molar-refractivity contribution in [3.05, 3.63) is 35.9 Å². The van der Waals surface area contributed by atoms with E-state index in [0.717, 1.165) is 13.1 Å². The first-order chi connectivity index (χ1) is 7.68. The quantitative estimate of drug-likeness (QED) is 0.758. The molecular formula is C14H20N2. The summed E-state index contributed by atoms with van der Waals surface area (Å²) in [5.41, 5.74) is 1.38. The zero-order valence-electron chi connectivity index (χ0n) is 10.4. The summed E-state index contributed by atoms with van der Waals surface area (Å²) in [7, 11) is 0. The molecule has 0 fully saturated rings. The van der Waals surface area contributed by atoms with Gasteiger partial charge in [-0.05, 0) is 18.4 Å². The maximum Gasteiger partial charge on any atom is 0.0964 e. The highest BCUT2D eigenvalue weighted by atomic mass is 15.3. The Morgan fingerprint density at radius 1 is 1.31 bits per heavy atom. The number of hydrogen-bond acceptors (Lipinski definition) is 2. The Labute approximate surface area is 98.0 Å². The summed E-state index contributed by atoms with van der Waals surface area (Å²) >= 11 is 0. The van der Waals surface area contributed by atoms with Gasteiger partial charge in [-0.2, -0.15) is 0 Å². The van der Waals surface area contributed by atoms with Crippen LogP contribution in [0.15, 0.2) is 35.3 Å². The van der Waals surface area contributed by atoms with Gasteiger partial charge in [-0.15, -0.1) is 0 Å². The minimum absolute atomic E-state index is 0.448. The Bertz CT molecular complexity index is 368. The largest absolute Gasteiger partial charge is 0.351 e. The summed E-state index contributed by atoms with van der Waals surface area (Å²) in [5, 5.41) is 0. The first-order valence-corrected chi connectivity index (χ1v) is 6.01. The van der Waals surface area contributed by atoms with E-state index in [4.69, 9.17) is 0 Å². The van der Waals surface area contributed by atoms with Gasteiger partial charge >= 0.3 is 0 Å². The molecule has 0 saturated carbocycles. The number of aliphatic imine (C=N–C) groups is 1. The second-order valence-electron chi connectivity index (χ2n) is 4.86. The standard InChI is InChI=1S/C14H20N2/c1-11(2)10-16-12(3)15-9-14(16)13-7-5-4-6-8-13/h4-8,11,14H,9-10H2,1-3H3. The fourth-order valence-corrected chi connectivity index (χ4v) is 2.25. The molecule has 0 spiro atoms. The second kappa shape index (κ2) is 4.69. The molecule has 0 N–H and O–H groups in total. The number of rotatable bonds is 3. The fraction of sp³-hybridized carbons (Fsp3) is 0.500. The molecule has 0 radical (unpaired) electrons. The molecule has 1 aromatic rings. The average molecular weight is 216 g/mol. The average Bonchev–Trinajstić information content (AvgIpc) is 2.61. The van der Waals surface area contributed by atoms with Crippen LogP contribution in [-0.2, 0) is 0 Å². The molecule has 0 saturated heterocycles. The Balaban J connectivity index is 2.17. The van der Waals surface area contributed by atoms with Gasteiger partial charge < -0.3 is 4.90 Å². The lowest BCUT2D eigenvalue weighted by Crippen LogP contribution is -2.32. The molecule has 2 rings (SSSR count). The molecule has 1 aliphatic rings. The predicted octanol–water partition coefficient (Wildman–Crippen LogP) is 3.12. The first-order valence-electron chi connectivity index (χ1n) is 6.01. The summed E-state index contributed by atoms with van der Waals surface area (Å²) in [6.45, 7) is 8.63. The number of nitrogens with zero attached hydrogens (tertiary/aromatic N) is 2. The molecule has 0 aromatic heterocycles. The van der Waals surface area contributed by atoms with Crippen LogP contribution in [0.2, 0.25) is 0 Å². The molecule has 16 heavy (non-hydrogen) atoms. The van der Waals surface area contributed by atoms with E-state index < -0.39 is 0 Å². The Hall–Kier alpha value is -1.31. The van der Waals surface area contributed by atoms with Crippen LogP contribution >= 0.6 is 0 Å². The lowest BCUT2D eigenvalue weighted by atomic mass is 10.0. The van der Waals surface area contributed by atoms with E-state index in [1.807, 2.05) is 0 Å². The van der Waals surface area contributed by atoms with Gasteiger partial charge in [-0.25, -0.2) is 0 Å². The number of amidine groups is 1. The zero-order valence-corrected chi connectivity index (χ0v) is 10.4. The molecule has 1 unspecified atom stereocenters. The van der Waals surface area contributed by atoms with E-state index in [0.29, 0.717) is 12.0 Å². The van der Waals surface area contributed by atoms with E-state index in [1.165, 1.54) is 11.4 Å². The molecule has 0 amide bonds. The maximum atomic E-state index is 4.57. The molecule has 1 aliphatic heterocycles. The van der Waals surface area contributed by atoms with Crippen molar-refractivity contribution in [1.29, 1.82) is 0 Å². The molecular weight excluding hydrogens is 196 g/mol.